The molecule has 88 valence electrons. The predicted octanol–water partition coefficient (Wildman–Crippen LogP) is 2.30. The molecule has 15 heavy (non-hydrogen) atoms. The lowest BCUT2D eigenvalue weighted by Crippen LogP contribution is -2.48. The first-order valence-electron chi connectivity index (χ1n) is 5.52. The predicted molar refractivity (Wildman–Crippen MR) is 64.7 cm³/mol. The zero-order valence-corrected chi connectivity index (χ0v) is 10.6. The summed E-state index contributed by atoms with van der Waals surface area (Å²) in [7, 11) is 0. The number of nitrogens with zero attached hydrogens (tertiary/aromatic N) is 2. The minimum Gasteiger partial charge on any atom is -0.390 e. The Morgan fingerprint density at radius 1 is 1.27 bits per heavy atom. The van der Waals surface area contributed by atoms with Crippen LogP contribution in [0.3, 0.4) is 0 Å². The zero-order chi connectivity index (χ0) is 10.2. The van der Waals surface area contributed by atoms with Crippen LogP contribution in [-0.2, 0) is 4.84 Å². The van der Waals surface area contributed by atoms with Gasteiger partial charge in [-0.3, -0.25) is 4.90 Å². The van der Waals surface area contributed by atoms with Gasteiger partial charge in [0.05, 0.1) is 5.71 Å². The molecule has 0 aromatic rings. The molecule has 2 bridgehead atoms. The third kappa shape index (κ3) is 3.35. The van der Waals surface area contributed by atoms with E-state index in [1.54, 1.807) is 0 Å². The molecule has 0 atom stereocenters. The van der Waals surface area contributed by atoms with Crippen LogP contribution in [-0.4, -0.2) is 35.8 Å². The summed E-state index contributed by atoms with van der Waals surface area (Å²) in [6.07, 6.45) is 2.54. The monoisotopic (exact) mass is 232 g/mol. The van der Waals surface area contributed by atoms with Gasteiger partial charge in [-0.05, 0) is 46.7 Å². The van der Waals surface area contributed by atoms with E-state index in [9.17, 15) is 0 Å². The van der Waals surface area contributed by atoms with E-state index in [1.807, 2.05) is 20.8 Å². The van der Waals surface area contributed by atoms with Crippen molar-refractivity contribution in [2.45, 2.75) is 39.2 Å². The number of halogens is 1. The van der Waals surface area contributed by atoms with Gasteiger partial charge in [0.15, 0.2) is 0 Å². The van der Waals surface area contributed by atoms with E-state index in [0.717, 1.165) is 6.54 Å². The quantitative estimate of drug-likeness (QED) is 0.649. The molecule has 0 N–H and O–H groups in total. The molecular weight excluding hydrogens is 212 g/mol. The number of rotatable bonds is 1. The van der Waals surface area contributed by atoms with Crippen LogP contribution in [0.15, 0.2) is 5.16 Å². The molecule has 0 aromatic heterocycles. The summed E-state index contributed by atoms with van der Waals surface area (Å²) in [6, 6.07) is 0. The van der Waals surface area contributed by atoms with Gasteiger partial charge in [0.25, 0.3) is 0 Å². The van der Waals surface area contributed by atoms with Crippen LogP contribution in [0.1, 0.15) is 33.6 Å². The van der Waals surface area contributed by atoms with Crippen LogP contribution in [0.4, 0.5) is 0 Å². The maximum atomic E-state index is 5.48. The van der Waals surface area contributed by atoms with Gasteiger partial charge in [0, 0.05) is 12.5 Å². The average Bonchev–Trinajstić information content (AvgIpc) is 2.16. The van der Waals surface area contributed by atoms with Crippen molar-refractivity contribution in [2.75, 3.05) is 19.6 Å². The minimum absolute atomic E-state index is 0. The summed E-state index contributed by atoms with van der Waals surface area (Å²) < 4.78 is 0. The molecule has 3 rings (SSSR count). The smallest absolute Gasteiger partial charge is 0.129 e. The molecule has 0 saturated carbocycles. The van der Waals surface area contributed by atoms with E-state index in [4.69, 9.17) is 4.84 Å². The highest BCUT2D eigenvalue weighted by Crippen LogP contribution is 2.25. The fourth-order valence-corrected chi connectivity index (χ4v) is 2.08. The lowest BCUT2D eigenvalue weighted by Gasteiger charge is -2.39. The Morgan fingerprint density at radius 3 is 2.27 bits per heavy atom. The van der Waals surface area contributed by atoms with Crippen molar-refractivity contribution in [3.05, 3.63) is 0 Å². The molecule has 0 aliphatic carbocycles. The molecule has 0 spiro atoms. The van der Waals surface area contributed by atoms with Gasteiger partial charge in [-0.15, -0.1) is 12.4 Å². The Balaban J connectivity index is 0.00000112. The fourth-order valence-electron chi connectivity index (χ4n) is 2.08. The summed E-state index contributed by atoms with van der Waals surface area (Å²) in [5, 5.41) is 4.31. The van der Waals surface area contributed by atoms with E-state index in [-0.39, 0.29) is 18.0 Å². The molecule has 3 heterocycles. The van der Waals surface area contributed by atoms with E-state index in [0.29, 0.717) is 5.92 Å². The van der Waals surface area contributed by atoms with Crippen LogP contribution in [0.25, 0.3) is 0 Å². The molecule has 0 amide bonds. The van der Waals surface area contributed by atoms with Crippen molar-refractivity contribution in [3.63, 3.8) is 0 Å². The third-order valence-corrected chi connectivity index (χ3v) is 2.88. The Labute approximate surface area is 98.3 Å². The first-order chi connectivity index (χ1) is 6.54. The van der Waals surface area contributed by atoms with Gasteiger partial charge in [-0.1, -0.05) is 5.16 Å². The largest absolute Gasteiger partial charge is 0.390 e. The van der Waals surface area contributed by atoms with Crippen LogP contribution < -0.4 is 0 Å². The molecule has 3 fully saturated rings. The lowest BCUT2D eigenvalue weighted by atomic mass is 9.87. The molecule has 3 nitrogen and oxygen atoms in total. The van der Waals surface area contributed by atoms with Crippen molar-refractivity contribution in [3.8, 4) is 0 Å². The number of hydrogen-bond donors (Lipinski definition) is 0. The van der Waals surface area contributed by atoms with Gasteiger partial charge in [0.1, 0.15) is 5.60 Å². The highest BCUT2D eigenvalue weighted by Gasteiger charge is 2.31. The SMILES string of the molecule is CC(C)(C)ON=C1CN2CCC1CC2.Cl. The maximum Gasteiger partial charge on any atom is 0.129 e. The van der Waals surface area contributed by atoms with Crippen molar-refractivity contribution < 1.29 is 4.84 Å². The highest BCUT2D eigenvalue weighted by atomic mass is 35.5. The van der Waals surface area contributed by atoms with E-state index in [2.05, 4.69) is 10.1 Å². The summed E-state index contributed by atoms with van der Waals surface area (Å²) >= 11 is 0. The van der Waals surface area contributed by atoms with Crippen molar-refractivity contribution in [1.29, 1.82) is 0 Å². The van der Waals surface area contributed by atoms with Crippen LogP contribution in [0.5, 0.6) is 0 Å². The molecule has 3 aliphatic rings. The van der Waals surface area contributed by atoms with Crippen LogP contribution in [0.2, 0.25) is 0 Å². The van der Waals surface area contributed by atoms with Gasteiger partial charge in [-0.2, -0.15) is 0 Å². The number of hydrogen-bond acceptors (Lipinski definition) is 3. The van der Waals surface area contributed by atoms with E-state index in [1.165, 1.54) is 31.6 Å². The maximum absolute atomic E-state index is 5.48. The van der Waals surface area contributed by atoms with Gasteiger partial charge in [-0.25, -0.2) is 0 Å². The van der Waals surface area contributed by atoms with Crippen LogP contribution >= 0.6 is 12.4 Å². The first-order valence-corrected chi connectivity index (χ1v) is 5.52. The van der Waals surface area contributed by atoms with Crippen molar-refractivity contribution >= 4 is 18.1 Å². The van der Waals surface area contributed by atoms with E-state index < -0.39 is 0 Å². The van der Waals surface area contributed by atoms with Gasteiger partial charge in [0.2, 0.25) is 0 Å². The van der Waals surface area contributed by atoms with Crippen molar-refractivity contribution in [1.82, 2.24) is 4.90 Å². The second-order valence-electron chi connectivity index (χ2n) is 5.34. The zero-order valence-electron chi connectivity index (χ0n) is 9.82. The number of piperidine rings is 3. The summed E-state index contributed by atoms with van der Waals surface area (Å²) in [5.41, 5.74) is 1.11. The Morgan fingerprint density at radius 2 is 1.87 bits per heavy atom. The minimum atomic E-state index is -0.154. The summed E-state index contributed by atoms with van der Waals surface area (Å²) in [5.74, 6) is 0.697. The molecule has 0 unspecified atom stereocenters. The average molecular weight is 233 g/mol. The molecule has 0 radical (unpaired) electrons. The second kappa shape index (κ2) is 4.71. The second-order valence-corrected chi connectivity index (χ2v) is 5.34. The van der Waals surface area contributed by atoms with Gasteiger partial charge < -0.3 is 4.84 Å². The topological polar surface area (TPSA) is 24.8 Å². The van der Waals surface area contributed by atoms with Gasteiger partial charge >= 0.3 is 0 Å². The standard InChI is InChI=1S/C11H20N2O.ClH/c1-11(2,3)14-12-10-8-13-6-4-9(10)5-7-13;/h9H,4-8H2,1-3H3;1H. The Hall–Kier alpha value is -0.280. The molecule has 3 saturated heterocycles. The number of fused-ring (bicyclic) bond motifs is 3. The van der Waals surface area contributed by atoms with Crippen molar-refractivity contribution in [2.24, 2.45) is 11.1 Å². The highest BCUT2D eigenvalue weighted by molar-refractivity contribution is 5.89. The molecule has 3 aliphatic heterocycles. The Kier molecular flexibility index (Phi) is 4.01. The molecule has 4 heteroatoms. The third-order valence-electron chi connectivity index (χ3n) is 2.88. The van der Waals surface area contributed by atoms with Crippen LogP contribution in [0, 0.1) is 5.92 Å². The number of oxime groups is 1. The summed E-state index contributed by atoms with van der Waals surface area (Å²) in [4.78, 5) is 7.95. The molecule has 0 aromatic carbocycles. The lowest BCUT2D eigenvalue weighted by molar-refractivity contribution is -0.00237. The van der Waals surface area contributed by atoms with E-state index >= 15 is 0 Å². The normalized spacial score (nSPS) is 32.6. The molecular formula is C11H21ClN2O. The fraction of sp³-hybridized carbons (Fsp3) is 0.909. The summed E-state index contributed by atoms with van der Waals surface area (Å²) in [6.45, 7) is 9.65. The first kappa shape index (κ1) is 12.8. The Bertz CT molecular complexity index is 239.